The summed E-state index contributed by atoms with van der Waals surface area (Å²) in [7, 11) is 3.85. The van der Waals surface area contributed by atoms with Crippen LogP contribution in [0.25, 0.3) is 0 Å². The monoisotopic (exact) mass is 428 g/mol. The molecule has 1 N–H and O–H groups in total. The first-order valence-electron chi connectivity index (χ1n) is 10.8. The van der Waals surface area contributed by atoms with Gasteiger partial charge in [-0.1, -0.05) is 13.8 Å². The minimum atomic E-state index is -0.723. The number of benzene rings is 1. The Hall–Kier alpha value is -2.90. The third-order valence-corrected chi connectivity index (χ3v) is 6.07. The number of carbonyl (C=O) groups excluding carboxylic acids is 4. The van der Waals surface area contributed by atoms with Gasteiger partial charge in [-0.15, -0.1) is 0 Å². The molecule has 2 aliphatic rings. The lowest BCUT2D eigenvalue weighted by atomic mass is 10.0. The van der Waals surface area contributed by atoms with Gasteiger partial charge in [0.25, 0.3) is 5.91 Å². The Kier molecular flexibility index (Phi) is 6.67. The van der Waals surface area contributed by atoms with Crippen LogP contribution in [0, 0.1) is 5.92 Å². The number of fused-ring (bicyclic) bond motifs is 1. The maximum Gasteiger partial charge on any atom is 0.251 e. The van der Waals surface area contributed by atoms with Crippen molar-refractivity contribution in [2.75, 3.05) is 32.1 Å². The molecule has 0 radical (unpaired) electrons. The lowest BCUT2D eigenvalue weighted by Crippen LogP contribution is -2.53. The number of amides is 3. The van der Waals surface area contributed by atoms with Crippen LogP contribution < -0.4 is 10.2 Å². The van der Waals surface area contributed by atoms with E-state index in [4.69, 9.17) is 0 Å². The summed E-state index contributed by atoms with van der Waals surface area (Å²) in [5, 5.41) is 2.88. The zero-order chi connectivity index (χ0) is 22.9. The second-order valence-corrected chi connectivity index (χ2v) is 9.04. The lowest BCUT2D eigenvalue weighted by molar-refractivity contribution is -0.138. The SMILES string of the molecule is CC(=O)N1CC(=O)C2C1CCN2C(=O)C(CC(C)C)NC(=O)c1ccc(N(C)C)cc1. The number of anilines is 1. The fraction of sp³-hybridized carbons (Fsp3) is 0.565. The highest BCUT2D eigenvalue weighted by atomic mass is 16.2. The van der Waals surface area contributed by atoms with Crippen LogP contribution >= 0.6 is 0 Å². The van der Waals surface area contributed by atoms with Crippen LogP contribution in [0.15, 0.2) is 24.3 Å². The van der Waals surface area contributed by atoms with Gasteiger partial charge in [-0.2, -0.15) is 0 Å². The first-order chi connectivity index (χ1) is 14.6. The number of carbonyl (C=O) groups is 4. The third-order valence-electron chi connectivity index (χ3n) is 6.07. The number of nitrogens with zero attached hydrogens (tertiary/aromatic N) is 3. The highest BCUT2D eigenvalue weighted by Gasteiger charge is 2.51. The van der Waals surface area contributed by atoms with E-state index in [0.717, 1.165) is 5.69 Å². The molecule has 168 valence electrons. The normalized spacial score (nSPS) is 21.3. The molecule has 0 spiro atoms. The maximum absolute atomic E-state index is 13.4. The fourth-order valence-electron chi connectivity index (χ4n) is 4.51. The summed E-state index contributed by atoms with van der Waals surface area (Å²) in [5.74, 6) is -0.651. The molecule has 8 nitrogen and oxygen atoms in total. The number of hydrogen-bond donors (Lipinski definition) is 1. The second kappa shape index (κ2) is 9.08. The van der Waals surface area contributed by atoms with E-state index in [9.17, 15) is 19.2 Å². The number of ketones is 1. The summed E-state index contributed by atoms with van der Waals surface area (Å²) < 4.78 is 0. The Morgan fingerprint density at radius 1 is 1.13 bits per heavy atom. The molecule has 3 amide bonds. The summed E-state index contributed by atoms with van der Waals surface area (Å²) in [6.07, 6.45) is 1.05. The van der Waals surface area contributed by atoms with E-state index >= 15 is 0 Å². The average Bonchev–Trinajstić information content (AvgIpc) is 3.28. The molecule has 3 unspecified atom stereocenters. The van der Waals surface area contributed by atoms with Crippen molar-refractivity contribution in [2.24, 2.45) is 5.92 Å². The van der Waals surface area contributed by atoms with E-state index in [-0.39, 0.29) is 42.0 Å². The molecular weight excluding hydrogens is 396 g/mol. The molecule has 2 fully saturated rings. The number of likely N-dealkylation sites (tertiary alicyclic amines) is 2. The fourth-order valence-corrected chi connectivity index (χ4v) is 4.51. The van der Waals surface area contributed by atoms with Gasteiger partial charge < -0.3 is 20.0 Å². The van der Waals surface area contributed by atoms with Crippen molar-refractivity contribution in [3.63, 3.8) is 0 Å². The van der Waals surface area contributed by atoms with Gasteiger partial charge in [0, 0.05) is 38.8 Å². The quantitative estimate of drug-likeness (QED) is 0.738. The van der Waals surface area contributed by atoms with E-state index < -0.39 is 12.1 Å². The molecule has 3 atom stereocenters. The molecule has 1 aromatic rings. The van der Waals surface area contributed by atoms with Gasteiger partial charge in [0.15, 0.2) is 5.78 Å². The van der Waals surface area contributed by atoms with Gasteiger partial charge in [0.05, 0.1) is 12.6 Å². The molecule has 2 aliphatic heterocycles. The molecule has 8 heteroatoms. The molecule has 0 bridgehead atoms. The largest absolute Gasteiger partial charge is 0.378 e. The van der Waals surface area contributed by atoms with E-state index in [1.807, 2.05) is 45.0 Å². The molecule has 0 saturated carbocycles. The van der Waals surface area contributed by atoms with Crippen molar-refractivity contribution >= 4 is 29.2 Å². The number of hydrogen-bond acceptors (Lipinski definition) is 5. The summed E-state index contributed by atoms with van der Waals surface area (Å²) in [6, 6.07) is 5.58. The van der Waals surface area contributed by atoms with Crippen LogP contribution in [0.5, 0.6) is 0 Å². The Labute approximate surface area is 183 Å². The molecule has 2 saturated heterocycles. The van der Waals surface area contributed by atoms with Gasteiger partial charge in [-0.25, -0.2) is 0 Å². The highest BCUT2D eigenvalue weighted by Crippen LogP contribution is 2.30. The Balaban J connectivity index is 1.76. The minimum Gasteiger partial charge on any atom is -0.378 e. The van der Waals surface area contributed by atoms with Crippen molar-refractivity contribution in [1.29, 1.82) is 0 Å². The van der Waals surface area contributed by atoms with Crippen molar-refractivity contribution in [3.05, 3.63) is 29.8 Å². The maximum atomic E-state index is 13.4. The van der Waals surface area contributed by atoms with Crippen molar-refractivity contribution < 1.29 is 19.2 Å². The van der Waals surface area contributed by atoms with Gasteiger partial charge in [-0.3, -0.25) is 19.2 Å². The summed E-state index contributed by atoms with van der Waals surface area (Å²) in [5.41, 5.74) is 1.45. The first-order valence-corrected chi connectivity index (χ1v) is 10.8. The zero-order valence-electron chi connectivity index (χ0n) is 18.9. The summed E-state index contributed by atoms with van der Waals surface area (Å²) in [6.45, 7) is 5.88. The Bertz CT molecular complexity index is 865. The van der Waals surface area contributed by atoms with Gasteiger partial charge in [0.1, 0.15) is 12.1 Å². The summed E-state index contributed by atoms with van der Waals surface area (Å²) >= 11 is 0. The smallest absolute Gasteiger partial charge is 0.251 e. The van der Waals surface area contributed by atoms with Crippen molar-refractivity contribution in [1.82, 2.24) is 15.1 Å². The van der Waals surface area contributed by atoms with E-state index in [0.29, 0.717) is 24.9 Å². The molecule has 0 aromatic heterocycles. The van der Waals surface area contributed by atoms with Crippen LogP contribution in [-0.4, -0.2) is 78.6 Å². The van der Waals surface area contributed by atoms with E-state index in [1.54, 1.807) is 21.9 Å². The molecule has 1 aromatic carbocycles. The van der Waals surface area contributed by atoms with Crippen LogP contribution in [0.2, 0.25) is 0 Å². The van der Waals surface area contributed by atoms with Gasteiger partial charge in [-0.05, 0) is 43.0 Å². The molecule has 2 heterocycles. The third kappa shape index (κ3) is 4.73. The van der Waals surface area contributed by atoms with E-state index in [2.05, 4.69) is 5.32 Å². The van der Waals surface area contributed by atoms with Crippen molar-refractivity contribution in [2.45, 2.75) is 51.7 Å². The molecule has 3 rings (SSSR count). The molecule has 31 heavy (non-hydrogen) atoms. The predicted octanol–water partition coefficient (Wildman–Crippen LogP) is 1.30. The minimum absolute atomic E-state index is 0.0495. The highest BCUT2D eigenvalue weighted by molar-refractivity contribution is 6.00. The number of Topliss-reactive ketones (excluding diaryl/α,β-unsaturated/α-hetero) is 1. The van der Waals surface area contributed by atoms with Crippen LogP contribution in [0.1, 0.15) is 44.0 Å². The van der Waals surface area contributed by atoms with Crippen LogP contribution in [0.3, 0.4) is 0 Å². The Morgan fingerprint density at radius 2 is 1.77 bits per heavy atom. The molecule has 0 aliphatic carbocycles. The number of rotatable bonds is 6. The van der Waals surface area contributed by atoms with Gasteiger partial charge >= 0.3 is 0 Å². The zero-order valence-corrected chi connectivity index (χ0v) is 18.9. The average molecular weight is 429 g/mol. The lowest BCUT2D eigenvalue weighted by Gasteiger charge is -2.29. The van der Waals surface area contributed by atoms with Crippen LogP contribution in [0.4, 0.5) is 5.69 Å². The standard InChI is InChI=1S/C23H32N4O4/c1-14(2)12-18(24-22(30)16-6-8-17(9-7-16)25(4)5)23(31)26-11-10-19-21(26)20(29)13-27(19)15(3)28/h6-9,14,18-19,21H,10-13H2,1-5H3,(H,24,30). The predicted molar refractivity (Wildman–Crippen MR) is 118 cm³/mol. The first kappa shape index (κ1) is 22.8. The van der Waals surface area contributed by atoms with E-state index in [1.165, 1.54) is 6.92 Å². The topological polar surface area (TPSA) is 90.0 Å². The molecular formula is C23H32N4O4. The second-order valence-electron chi connectivity index (χ2n) is 9.04. The van der Waals surface area contributed by atoms with Crippen LogP contribution in [-0.2, 0) is 14.4 Å². The van der Waals surface area contributed by atoms with Crippen molar-refractivity contribution in [3.8, 4) is 0 Å². The van der Waals surface area contributed by atoms with Gasteiger partial charge in [0.2, 0.25) is 11.8 Å². The number of nitrogens with one attached hydrogen (secondary N) is 1. The summed E-state index contributed by atoms with van der Waals surface area (Å²) in [4.78, 5) is 55.8. The Morgan fingerprint density at radius 3 is 2.32 bits per heavy atom.